The first-order chi connectivity index (χ1) is 20.8. The van der Waals surface area contributed by atoms with Crippen LogP contribution in [0.2, 0.25) is 0 Å². The van der Waals surface area contributed by atoms with Gasteiger partial charge in [-0.2, -0.15) is 0 Å². The van der Waals surface area contributed by atoms with E-state index in [-0.39, 0.29) is 24.4 Å². The lowest BCUT2D eigenvalue weighted by Crippen LogP contribution is -2.27. The SMILES string of the molecule is CCOC(=O)c1c(NC(=O)[C@@H](C)Sc2cn(CCNC(=O)c3ccc(OC)c(OC)c3)c3ccccc23)sc2c1CCC2. The van der Waals surface area contributed by atoms with Gasteiger partial charge in [0.1, 0.15) is 5.00 Å². The number of hydrogen-bond acceptors (Lipinski definition) is 8. The summed E-state index contributed by atoms with van der Waals surface area (Å²) in [7, 11) is 3.08. The Kier molecular flexibility index (Phi) is 9.62. The smallest absolute Gasteiger partial charge is 0.341 e. The van der Waals surface area contributed by atoms with Gasteiger partial charge in [-0.3, -0.25) is 9.59 Å². The number of esters is 1. The van der Waals surface area contributed by atoms with Crippen molar-refractivity contribution < 1.29 is 28.6 Å². The molecular formula is C32H35N3O6S2. The van der Waals surface area contributed by atoms with Crippen LogP contribution in [-0.2, 0) is 28.9 Å². The average Bonchev–Trinajstić information content (AvgIpc) is 3.70. The third-order valence-corrected chi connectivity index (χ3v) is 9.70. The second-order valence-electron chi connectivity index (χ2n) is 10.1. The van der Waals surface area contributed by atoms with E-state index in [9.17, 15) is 14.4 Å². The second kappa shape index (κ2) is 13.6. The molecule has 0 saturated carbocycles. The predicted octanol–water partition coefficient (Wildman–Crippen LogP) is 5.93. The zero-order chi connectivity index (χ0) is 30.5. The fourth-order valence-corrected chi connectivity index (χ4v) is 7.55. The molecule has 0 bridgehead atoms. The Morgan fingerprint density at radius 3 is 2.63 bits per heavy atom. The molecule has 0 unspecified atom stereocenters. The van der Waals surface area contributed by atoms with Crippen molar-refractivity contribution >= 4 is 56.8 Å². The van der Waals surface area contributed by atoms with E-state index in [4.69, 9.17) is 14.2 Å². The molecule has 1 atom stereocenters. The third-order valence-electron chi connectivity index (χ3n) is 7.35. The number of anilines is 1. The van der Waals surface area contributed by atoms with Crippen molar-refractivity contribution in [2.75, 3.05) is 32.7 Å². The monoisotopic (exact) mass is 621 g/mol. The molecule has 1 aliphatic carbocycles. The van der Waals surface area contributed by atoms with E-state index in [0.717, 1.165) is 45.5 Å². The summed E-state index contributed by atoms with van der Waals surface area (Å²) in [4.78, 5) is 41.0. The number of hydrogen-bond donors (Lipinski definition) is 2. The van der Waals surface area contributed by atoms with Gasteiger partial charge in [0.15, 0.2) is 11.5 Å². The highest BCUT2D eigenvalue weighted by Gasteiger charge is 2.29. The quantitative estimate of drug-likeness (QED) is 0.149. The predicted molar refractivity (Wildman–Crippen MR) is 170 cm³/mol. The van der Waals surface area contributed by atoms with E-state index in [1.54, 1.807) is 32.2 Å². The van der Waals surface area contributed by atoms with Gasteiger partial charge in [0.05, 0.1) is 31.6 Å². The number of thiophene rings is 1. The minimum Gasteiger partial charge on any atom is -0.493 e. The first kappa shape index (κ1) is 30.5. The Bertz CT molecular complexity index is 1660. The van der Waals surface area contributed by atoms with Crippen molar-refractivity contribution in [1.29, 1.82) is 0 Å². The normalized spacial score (nSPS) is 12.9. The molecule has 2 aromatic carbocycles. The number of thioether (sulfide) groups is 1. The zero-order valence-corrected chi connectivity index (χ0v) is 26.3. The van der Waals surface area contributed by atoms with Gasteiger partial charge in [0.2, 0.25) is 5.91 Å². The van der Waals surface area contributed by atoms with E-state index in [1.807, 2.05) is 37.4 Å². The standard InChI is InChI=1S/C32H35N3O6S2/c1-5-41-32(38)28-22-10-8-12-26(22)43-31(28)34-29(36)19(2)42-27-18-35(23-11-7-6-9-21(23)27)16-15-33-30(37)20-13-14-24(39-3)25(17-20)40-4/h6-7,9,11,13-14,17-19H,5,8,10,12,15-16H2,1-4H3,(H,33,37)(H,34,36)/t19-/m1/s1. The van der Waals surface area contributed by atoms with Gasteiger partial charge in [0.25, 0.3) is 5.91 Å². The number of benzene rings is 2. The van der Waals surface area contributed by atoms with E-state index >= 15 is 0 Å². The van der Waals surface area contributed by atoms with Crippen LogP contribution in [0.1, 0.15) is 51.4 Å². The van der Waals surface area contributed by atoms with E-state index in [2.05, 4.69) is 15.2 Å². The molecule has 0 saturated heterocycles. The lowest BCUT2D eigenvalue weighted by atomic mass is 10.1. The highest BCUT2D eigenvalue weighted by atomic mass is 32.2. The van der Waals surface area contributed by atoms with Crippen molar-refractivity contribution in [3.05, 3.63) is 70.2 Å². The average molecular weight is 622 g/mol. The van der Waals surface area contributed by atoms with Crippen LogP contribution in [0.4, 0.5) is 5.00 Å². The minimum atomic E-state index is -0.420. The Morgan fingerprint density at radius 2 is 1.86 bits per heavy atom. The van der Waals surface area contributed by atoms with Gasteiger partial charge in [-0.15, -0.1) is 23.1 Å². The number of nitrogens with one attached hydrogen (secondary N) is 2. The lowest BCUT2D eigenvalue weighted by Gasteiger charge is -2.12. The summed E-state index contributed by atoms with van der Waals surface area (Å²) in [6.07, 6.45) is 4.78. The third kappa shape index (κ3) is 6.52. The number of amides is 2. The topological polar surface area (TPSA) is 108 Å². The van der Waals surface area contributed by atoms with E-state index in [1.165, 1.54) is 30.2 Å². The Morgan fingerprint density at radius 1 is 1.07 bits per heavy atom. The van der Waals surface area contributed by atoms with E-state index < -0.39 is 5.25 Å². The Hall–Kier alpha value is -3.96. The molecule has 1 aliphatic rings. The molecule has 0 fully saturated rings. The molecule has 9 nitrogen and oxygen atoms in total. The van der Waals surface area contributed by atoms with Crippen LogP contribution in [-0.4, -0.2) is 55.0 Å². The number of aromatic nitrogens is 1. The summed E-state index contributed by atoms with van der Waals surface area (Å²) in [5, 5.41) is 7.18. The highest BCUT2D eigenvalue weighted by molar-refractivity contribution is 8.00. The van der Waals surface area contributed by atoms with Crippen molar-refractivity contribution in [2.45, 2.75) is 49.8 Å². The second-order valence-corrected chi connectivity index (χ2v) is 12.5. The molecule has 0 spiro atoms. The maximum absolute atomic E-state index is 13.3. The van der Waals surface area contributed by atoms with Crippen LogP contribution >= 0.6 is 23.1 Å². The van der Waals surface area contributed by atoms with Gasteiger partial charge in [0, 0.05) is 45.5 Å². The van der Waals surface area contributed by atoms with Gasteiger partial charge < -0.3 is 29.4 Å². The minimum absolute atomic E-state index is 0.172. The fourth-order valence-electron chi connectivity index (χ4n) is 5.23. The molecule has 0 radical (unpaired) electrons. The van der Waals surface area contributed by atoms with Gasteiger partial charge in [-0.05, 0) is 62.9 Å². The molecule has 11 heteroatoms. The van der Waals surface area contributed by atoms with Crippen LogP contribution < -0.4 is 20.1 Å². The summed E-state index contributed by atoms with van der Waals surface area (Å²) in [6.45, 7) is 4.88. The van der Waals surface area contributed by atoms with Crippen LogP contribution in [0, 0.1) is 0 Å². The number of nitrogens with zero attached hydrogens (tertiary/aromatic N) is 1. The number of methoxy groups -OCH3 is 2. The van der Waals surface area contributed by atoms with Crippen LogP contribution in [0.25, 0.3) is 10.9 Å². The van der Waals surface area contributed by atoms with Crippen molar-refractivity contribution in [2.24, 2.45) is 0 Å². The molecule has 226 valence electrons. The fraction of sp³-hybridized carbons (Fsp3) is 0.344. The molecule has 43 heavy (non-hydrogen) atoms. The van der Waals surface area contributed by atoms with Crippen molar-refractivity contribution in [1.82, 2.24) is 9.88 Å². The van der Waals surface area contributed by atoms with Crippen LogP contribution in [0.5, 0.6) is 11.5 Å². The zero-order valence-electron chi connectivity index (χ0n) is 24.7. The summed E-state index contributed by atoms with van der Waals surface area (Å²) < 4.78 is 18.0. The number of fused-ring (bicyclic) bond motifs is 2. The van der Waals surface area contributed by atoms with Gasteiger partial charge in [-0.1, -0.05) is 18.2 Å². The van der Waals surface area contributed by atoms with Crippen molar-refractivity contribution in [3.8, 4) is 11.5 Å². The van der Waals surface area contributed by atoms with Crippen LogP contribution in [0.3, 0.4) is 0 Å². The molecule has 2 aromatic heterocycles. The summed E-state index contributed by atoms with van der Waals surface area (Å²) in [5.74, 6) is 0.295. The van der Waals surface area contributed by atoms with Crippen molar-refractivity contribution in [3.63, 3.8) is 0 Å². The number of carbonyl (C=O) groups is 3. The first-order valence-electron chi connectivity index (χ1n) is 14.2. The Balaban J connectivity index is 1.26. The molecule has 4 aromatic rings. The number of para-hydroxylation sites is 1. The van der Waals surface area contributed by atoms with Crippen LogP contribution in [0.15, 0.2) is 53.6 Å². The summed E-state index contributed by atoms with van der Waals surface area (Å²) in [5.41, 5.74) is 3.02. The molecule has 5 rings (SSSR count). The maximum Gasteiger partial charge on any atom is 0.341 e. The molecule has 2 amide bonds. The number of carbonyl (C=O) groups excluding carboxylic acids is 3. The number of aryl methyl sites for hydroxylation is 1. The highest BCUT2D eigenvalue weighted by Crippen LogP contribution is 2.40. The largest absolute Gasteiger partial charge is 0.493 e. The number of ether oxygens (including phenoxy) is 3. The first-order valence-corrected chi connectivity index (χ1v) is 15.9. The molecular weight excluding hydrogens is 587 g/mol. The number of rotatable bonds is 12. The van der Waals surface area contributed by atoms with Gasteiger partial charge in [-0.25, -0.2) is 4.79 Å². The lowest BCUT2D eigenvalue weighted by molar-refractivity contribution is -0.115. The Labute approximate surface area is 258 Å². The molecule has 0 aliphatic heterocycles. The van der Waals surface area contributed by atoms with E-state index in [0.29, 0.717) is 40.7 Å². The molecule has 2 heterocycles. The van der Waals surface area contributed by atoms with Gasteiger partial charge >= 0.3 is 5.97 Å². The summed E-state index contributed by atoms with van der Waals surface area (Å²) in [6, 6.07) is 13.1. The molecule has 2 N–H and O–H groups in total. The maximum atomic E-state index is 13.3. The summed E-state index contributed by atoms with van der Waals surface area (Å²) >= 11 is 2.94.